The smallest absolute Gasteiger partial charge is 0.195 e. The van der Waals surface area contributed by atoms with Crippen molar-refractivity contribution in [2.45, 2.75) is 32.1 Å². The summed E-state index contributed by atoms with van der Waals surface area (Å²) in [6, 6.07) is 10.9. The molecule has 0 atom stereocenters. The highest BCUT2D eigenvalue weighted by atomic mass is 127. The monoisotopic (exact) mass is 415 g/mol. The van der Waals surface area contributed by atoms with Crippen molar-refractivity contribution in [3.05, 3.63) is 35.9 Å². The first-order chi connectivity index (χ1) is 10.0. The summed E-state index contributed by atoms with van der Waals surface area (Å²) in [4.78, 5) is 9.15. The van der Waals surface area contributed by atoms with Gasteiger partial charge >= 0.3 is 0 Å². The Morgan fingerprint density at radius 2 is 1.55 bits per heavy atom. The van der Waals surface area contributed by atoms with E-state index in [9.17, 15) is 0 Å². The van der Waals surface area contributed by atoms with Gasteiger partial charge < -0.3 is 9.80 Å². The van der Waals surface area contributed by atoms with Gasteiger partial charge in [0.05, 0.1) is 0 Å². The fourth-order valence-corrected chi connectivity index (χ4v) is 3.47. The maximum atomic E-state index is 4.94. The second-order valence-corrected chi connectivity index (χ2v) is 6.77. The van der Waals surface area contributed by atoms with E-state index in [1.54, 1.807) is 0 Å². The number of rotatable bonds is 4. The SMILES string of the molecule is CN(C)C(=NCC1(Cc2ccccc2)CCCC1)N(C)C.I. The molecule has 0 N–H and O–H groups in total. The van der Waals surface area contributed by atoms with Crippen LogP contribution in [0.4, 0.5) is 0 Å². The van der Waals surface area contributed by atoms with E-state index in [0.29, 0.717) is 5.41 Å². The number of guanidine groups is 1. The van der Waals surface area contributed by atoms with Gasteiger partial charge in [0.2, 0.25) is 0 Å². The van der Waals surface area contributed by atoms with Crippen LogP contribution in [0.3, 0.4) is 0 Å². The zero-order valence-corrected chi connectivity index (χ0v) is 16.7. The molecule has 0 saturated heterocycles. The van der Waals surface area contributed by atoms with Crippen LogP contribution in [0.2, 0.25) is 0 Å². The Labute approximate surface area is 152 Å². The number of nitrogens with zero attached hydrogens (tertiary/aromatic N) is 3. The van der Waals surface area contributed by atoms with Gasteiger partial charge in [-0.25, -0.2) is 0 Å². The van der Waals surface area contributed by atoms with Crippen LogP contribution in [0, 0.1) is 5.41 Å². The van der Waals surface area contributed by atoms with Crippen molar-refractivity contribution in [3.8, 4) is 0 Å². The lowest BCUT2D eigenvalue weighted by Crippen LogP contribution is -2.37. The zero-order valence-electron chi connectivity index (χ0n) is 14.4. The van der Waals surface area contributed by atoms with E-state index in [1.165, 1.54) is 31.2 Å². The second kappa shape index (κ2) is 8.75. The molecule has 0 bridgehead atoms. The van der Waals surface area contributed by atoms with Crippen LogP contribution in [-0.2, 0) is 6.42 Å². The molecule has 0 heterocycles. The quantitative estimate of drug-likeness (QED) is 0.422. The predicted octanol–water partition coefficient (Wildman–Crippen LogP) is 3.89. The second-order valence-electron chi connectivity index (χ2n) is 6.77. The minimum atomic E-state index is 0. The summed E-state index contributed by atoms with van der Waals surface area (Å²) >= 11 is 0. The fraction of sp³-hybridized carbons (Fsp3) is 0.611. The number of aliphatic imine (C=N–C) groups is 1. The maximum Gasteiger partial charge on any atom is 0.195 e. The summed E-state index contributed by atoms with van der Waals surface area (Å²) in [7, 11) is 8.27. The Kier molecular flexibility index (Phi) is 7.66. The molecule has 0 aromatic heterocycles. The van der Waals surface area contributed by atoms with Crippen LogP contribution in [0.5, 0.6) is 0 Å². The average Bonchev–Trinajstić information content (AvgIpc) is 2.88. The van der Waals surface area contributed by atoms with Gasteiger partial charge in [0.15, 0.2) is 5.96 Å². The van der Waals surface area contributed by atoms with E-state index in [1.807, 2.05) is 0 Å². The number of hydrogen-bond acceptors (Lipinski definition) is 1. The Morgan fingerprint density at radius 3 is 2.05 bits per heavy atom. The lowest BCUT2D eigenvalue weighted by atomic mass is 9.80. The molecule has 1 aliphatic carbocycles. The molecule has 1 fully saturated rings. The van der Waals surface area contributed by atoms with E-state index in [2.05, 4.69) is 68.3 Å². The van der Waals surface area contributed by atoms with E-state index in [4.69, 9.17) is 4.99 Å². The lowest BCUT2D eigenvalue weighted by Gasteiger charge is -2.30. The number of hydrogen-bond donors (Lipinski definition) is 0. The Morgan fingerprint density at radius 1 is 1.00 bits per heavy atom. The Hall–Kier alpha value is -0.780. The molecule has 2 rings (SSSR count). The van der Waals surface area contributed by atoms with Gasteiger partial charge in [-0.1, -0.05) is 43.2 Å². The normalized spacial score (nSPS) is 15.8. The maximum absolute atomic E-state index is 4.94. The highest BCUT2D eigenvalue weighted by molar-refractivity contribution is 14.0. The first-order valence-corrected chi connectivity index (χ1v) is 7.95. The van der Waals surface area contributed by atoms with Gasteiger partial charge in [-0.2, -0.15) is 0 Å². The Balaban J connectivity index is 0.00000242. The van der Waals surface area contributed by atoms with Gasteiger partial charge in [-0.05, 0) is 30.2 Å². The van der Waals surface area contributed by atoms with Crippen molar-refractivity contribution in [3.63, 3.8) is 0 Å². The van der Waals surface area contributed by atoms with E-state index in [-0.39, 0.29) is 24.0 Å². The molecule has 0 unspecified atom stereocenters. The van der Waals surface area contributed by atoms with Crippen molar-refractivity contribution < 1.29 is 0 Å². The van der Waals surface area contributed by atoms with Crippen molar-refractivity contribution in [1.29, 1.82) is 0 Å². The molecular weight excluding hydrogens is 385 g/mol. The van der Waals surface area contributed by atoms with E-state index in [0.717, 1.165) is 18.9 Å². The molecule has 0 radical (unpaired) electrons. The molecule has 1 aromatic carbocycles. The minimum Gasteiger partial charge on any atom is -0.349 e. The molecule has 1 saturated carbocycles. The van der Waals surface area contributed by atoms with Crippen molar-refractivity contribution in [2.75, 3.05) is 34.7 Å². The van der Waals surface area contributed by atoms with Gasteiger partial charge in [-0.3, -0.25) is 4.99 Å². The topological polar surface area (TPSA) is 18.8 Å². The number of benzene rings is 1. The highest BCUT2D eigenvalue weighted by Gasteiger charge is 2.34. The Bertz CT molecular complexity index is 452. The summed E-state index contributed by atoms with van der Waals surface area (Å²) < 4.78 is 0. The molecule has 1 aliphatic rings. The summed E-state index contributed by atoms with van der Waals surface area (Å²) in [5, 5.41) is 0. The third-order valence-corrected chi connectivity index (χ3v) is 4.44. The van der Waals surface area contributed by atoms with Crippen LogP contribution < -0.4 is 0 Å². The van der Waals surface area contributed by atoms with Crippen LogP contribution in [0.25, 0.3) is 0 Å². The summed E-state index contributed by atoms with van der Waals surface area (Å²) in [6.07, 6.45) is 6.47. The molecule has 0 amide bonds. The molecular formula is C18H30IN3. The molecule has 1 aromatic rings. The fourth-order valence-electron chi connectivity index (χ4n) is 3.47. The first-order valence-electron chi connectivity index (χ1n) is 7.95. The molecule has 0 aliphatic heterocycles. The molecule has 22 heavy (non-hydrogen) atoms. The number of halogens is 1. The van der Waals surface area contributed by atoms with Gasteiger partial charge in [0.25, 0.3) is 0 Å². The molecule has 0 spiro atoms. The zero-order chi connectivity index (χ0) is 15.3. The molecule has 124 valence electrons. The van der Waals surface area contributed by atoms with Gasteiger partial charge in [0.1, 0.15) is 0 Å². The molecule has 3 nitrogen and oxygen atoms in total. The average molecular weight is 415 g/mol. The summed E-state index contributed by atoms with van der Waals surface area (Å²) in [5.74, 6) is 1.06. The standard InChI is InChI=1S/C18H29N3.HI/c1-20(2)17(21(3)4)19-15-18(12-8-9-13-18)14-16-10-6-5-7-11-16;/h5-7,10-11H,8-9,12-15H2,1-4H3;1H. The molecule has 4 heteroatoms. The van der Waals surface area contributed by atoms with Crippen LogP contribution in [0.15, 0.2) is 35.3 Å². The predicted molar refractivity (Wildman–Crippen MR) is 106 cm³/mol. The van der Waals surface area contributed by atoms with Crippen molar-refractivity contribution in [2.24, 2.45) is 10.4 Å². The highest BCUT2D eigenvalue weighted by Crippen LogP contribution is 2.41. The first kappa shape index (κ1) is 19.3. The van der Waals surface area contributed by atoms with Gasteiger partial charge in [-0.15, -0.1) is 24.0 Å². The van der Waals surface area contributed by atoms with E-state index < -0.39 is 0 Å². The van der Waals surface area contributed by atoms with Crippen LogP contribution in [0.1, 0.15) is 31.2 Å². The third kappa shape index (κ3) is 5.14. The summed E-state index contributed by atoms with van der Waals surface area (Å²) in [5.41, 5.74) is 1.81. The lowest BCUT2D eigenvalue weighted by molar-refractivity contribution is 0.303. The van der Waals surface area contributed by atoms with Crippen LogP contribution >= 0.6 is 24.0 Å². The van der Waals surface area contributed by atoms with Crippen molar-refractivity contribution in [1.82, 2.24) is 9.80 Å². The van der Waals surface area contributed by atoms with Gasteiger partial charge in [0, 0.05) is 34.7 Å². The van der Waals surface area contributed by atoms with Crippen LogP contribution in [-0.4, -0.2) is 50.5 Å². The van der Waals surface area contributed by atoms with E-state index >= 15 is 0 Å². The minimum absolute atomic E-state index is 0. The summed E-state index contributed by atoms with van der Waals surface area (Å²) in [6.45, 7) is 0.938. The largest absolute Gasteiger partial charge is 0.349 e. The third-order valence-electron chi connectivity index (χ3n) is 4.44. The van der Waals surface area contributed by atoms with Crippen molar-refractivity contribution >= 4 is 29.9 Å².